The summed E-state index contributed by atoms with van der Waals surface area (Å²) in [5, 5.41) is 3.02. The predicted octanol–water partition coefficient (Wildman–Crippen LogP) is 3.71. The van der Waals surface area contributed by atoms with Crippen molar-refractivity contribution in [2.45, 2.75) is 103 Å². The third-order valence-corrected chi connectivity index (χ3v) is 4.88. The molecule has 1 aliphatic heterocycles. The van der Waals surface area contributed by atoms with E-state index in [1.165, 1.54) is 25.7 Å². The van der Waals surface area contributed by atoms with Crippen molar-refractivity contribution in [3.63, 3.8) is 0 Å². The summed E-state index contributed by atoms with van der Waals surface area (Å²) >= 11 is 0. The van der Waals surface area contributed by atoms with Crippen molar-refractivity contribution < 1.29 is 14.3 Å². The molecule has 1 heterocycles. The molecule has 0 aromatic carbocycles. The van der Waals surface area contributed by atoms with E-state index in [4.69, 9.17) is 9.47 Å². The summed E-state index contributed by atoms with van der Waals surface area (Å²) in [4.78, 5) is 14.5. The number of ether oxygens (including phenoxy) is 2. The van der Waals surface area contributed by atoms with Crippen LogP contribution in [0.25, 0.3) is 0 Å². The topological polar surface area (TPSA) is 50.8 Å². The van der Waals surface area contributed by atoms with Crippen LogP contribution in [-0.2, 0) is 9.47 Å². The largest absolute Gasteiger partial charge is 0.444 e. The standard InChI is InChI=1S/C19H36N2O3/c1-14(2)23-17-8-6-16(7-9-17)21-12-10-15(11-13-21)20-18(22)24-19(3,4)5/h14-17H,6-13H2,1-5H3,(H,20,22)/t16-,17+. The number of carbonyl (C=O) groups excluding carboxylic acids is 1. The molecule has 24 heavy (non-hydrogen) atoms. The molecule has 5 nitrogen and oxygen atoms in total. The van der Waals surface area contributed by atoms with Gasteiger partial charge in [0.05, 0.1) is 12.2 Å². The molecular formula is C19H36N2O3. The minimum atomic E-state index is -0.429. The van der Waals surface area contributed by atoms with Gasteiger partial charge < -0.3 is 19.7 Å². The molecule has 0 unspecified atom stereocenters. The van der Waals surface area contributed by atoms with E-state index < -0.39 is 5.60 Å². The van der Waals surface area contributed by atoms with Crippen LogP contribution in [0.15, 0.2) is 0 Å². The fourth-order valence-electron chi connectivity index (χ4n) is 3.81. The van der Waals surface area contributed by atoms with E-state index in [9.17, 15) is 4.79 Å². The van der Waals surface area contributed by atoms with E-state index in [1.54, 1.807) is 0 Å². The van der Waals surface area contributed by atoms with Gasteiger partial charge in [-0.3, -0.25) is 0 Å². The maximum Gasteiger partial charge on any atom is 0.407 e. The maximum absolute atomic E-state index is 11.9. The SMILES string of the molecule is CC(C)O[C@H]1CC[C@@H](N2CCC(NC(=O)OC(C)(C)C)CC2)CC1. The number of rotatable bonds is 4. The number of hydrogen-bond acceptors (Lipinski definition) is 4. The van der Waals surface area contributed by atoms with Gasteiger partial charge in [0.25, 0.3) is 0 Å². The van der Waals surface area contributed by atoms with E-state index in [-0.39, 0.29) is 12.1 Å². The van der Waals surface area contributed by atoms with Crippen molar-refractivity contribution in [2.75, 3.05) is 13.1 Å². The fraction of sp³-hybridized carbons (Fsp3) is 0.947. The third kappa shape index (κ3) is 6.60. The molecule has 2 fully saturated rings. The molecule has 1 aliphatic carbocycles. The summed E-state index contributed by atoms with van der Waals surface area (Å²) in [5.41, 5.74) is -0.429. The Hall–Kier alpha value is -0.810. The highest BCUT2D eigenvalue weighted by atomic mass is 16.6. The molecule has 2 rings (SSSR count). The molecule has 2 aliphatic rings. The van der Waals surface area contributed by atoms with Gasteiger partial charge in [-0.1, -0.05) is 0 Å². The molecule has 1 saturated carbocycles. The van der Waals surface area contributed by atoms with Crippen LogP contribution in [0.1, 0.15) is 73.1 Å². The number of carbonyl (C=O) groups is 1. The van der Waals surface area contributed by atoms with Gasteiger partial charge >= 0.3 is 6.09 Å². The Bertz CT molecular complexity index is 390. The van der Waals surface area contributed by atoms with Crippen molar-refractivity contribution in [1.29, 1.82) is 0 Å². The van der Waals surface area contributed by atoms with Crippen LogP contribution < -0.4 is 5.32 Å². The highest BCUT2D eigenvalue weighted by molar-refractivity contribution is 5.68. The van der Waals surface area contributed by atoms with E-state index >= 15 is 0 Å². The first-order valence-electron chi connectivity index (χ1n) is 9.62. The molecular weight excluding hydrogens is 304 g/mol. The molecule has 140 valence electrons. The van der Waals surface area contributed by atoms with Crippen molar-refractivity contribution in [2.24, 2.45) is 0 Å². The Morgan fingerprint density at radius 1 is 1.04 bits per heavy atom. The van der Waals surface area contributed by atoms with Gasteiger partial charge in [0, 0.05) is 25.2 Å². The van der Waals surface area contributed by atoms with Crippen molar-refractivity contribution >= 4 is 6.09 Å². The molecule has 0 aromatic heterocycles. The summed E-state index contributed by atoms with van der Waals surface area (Å²) in [6, 6.07) is 0.941. The predicted molar refractivity (Wildman–Crippen MR) is 96.2 cm³/mol. The molecule has 1 amide bonds. The Morgan fingerprint density at radius 3 is 2.12 bits per heavy atom. The van der Waals surface area contributed by atoms with Crippen LogP contribution in [0.5, 0.6) is 0 Å². The molecule has 1 saturated heterocycles. The van der Waals surface area contributed by atoms with E-state index in [0.29, 0.717) is 18.2 Å². The van der Waals surface area contributed by atoms with Crippen molar-refractivity contribution in [3.8, 4) is 0 Å². The fourth-order valence-corrected chi connectivity index (χ4v) is 3.81. The van der Waals surface area contributed by atoms with Crippen LogP contribution >= 0.6 is 0 Å². The third-order valence-electron chi connectivity index (χ3n) is 4.88. The molecule has 5 heteroatoms. The Kier molecular flexibility index (Phi) is 6.93. The molecule has 0 atom stereocenters. The highest BCUT2D eigenvalue weighted by Gasteiger charge is 2.30. The average molecular weight is 341 g/mol. The molecule has 0 spiro atoms. The summed E-state index contributed by atoms with van der Waals surface area (Å²) in [7, 11) is 0. The second-order valence-electron chi connectivity index (χ2n) is 8.57. The van der Waals surface area contributed by atoms with Crippen LogP contribution in [0, 0.1) is 0 Å². The number of piperidine rings is 1. The monoisotopic (exact) mass is 340 g/mol. The first kappa shape index (κ1) is 19.5. The second kappa shape index (κ2) is 8.52. The van der Waals surface area contributed by atoms with Crippen molar-refractivity contribution in [1.82, 2.24) is 10.2 Å². The molecule has 1 N–H and O–H groups in total. The van der Waals surface area contributed by atoms with Gasteiger partial charge in [-0.05, 0) is 73.1 Å². The number of likely N-dealkylation sites (tertiary alicyclic amines) is 1. The number of alkyl carbamates (subject to hydrolysis) is 1. The summed E-state index contributed by atoms with van der Waals surface area (Å²) in [6.45, 7) is 12.1. The van der Waals surface area contributed by atoms with Crippen molar-refractivity contribution in [3.05, 3.63) is 0 Å². The lowest BCUT2D eigenvalue weighted by Gasteiger charge is -2.41. The Balaban J connectivity index is 1.67. The summed E-state index contributed by atoms with van der Waals surface area (Å²) in [6.07, 6.45) is 7.37. The zero-order chi connectivity index (χ0) is 17.7. The summed E-state index contributed by atoms with van der Waals surface area (Å²) in [5.74, 6) is 0. The minimum Gasteiger partial charge on any atom is -0.444 e. The zero-order valence-corrected chi connectivity index (χ0v) is 16.1. The minimum absolute atomic E-state index is 0.247. The average Bonchev–Trinajstić information content (AvgIpc) is 2.46. The lowest BCUT2D eigenvalue weighted by atomic mass is 9.90. The number of amides is 1. The van der Waals surface area contributed by atoms with Crippen LogP contribution in [0.3, 0.4) is 0 Å². The van der Waals surface area contributed by atoms with E-state index in [1.807, 2.05) is 20.8 Å². The lowest BCUT2D eigenvalue weighted by Crippen LogP contribution is -2.49. The highest BCUT2D eigenvalue weighted by Crippen LogP contribution is 2.28. The maximum atomic E-state index is 11.9. The van der Waals surface area contributed by atoms with Gasteiger partial charge in [0.1, 0.15) is 5.60 Å². The van der Waals surface area contributed by atoms with Crippen LogP contribution in [0.2, 0.25) is 0 Å². The number of nitrogens with zero attached hydrogens (tertiary/aromatic N) is 1. The quantitative estimate of drug-likeness (QED) is 0.847. The number of hydrogen-bond donors (Lipinski definition) is 1. The normalized spacial score (nSPS) is 27.2. The first-order valence-corrected chi connectivity index (χ1v) is 9.62. The van der Waals surface area contributed by atoms with Gasteiger partial charge in [-0.15, -0.1) is 0 Å². The van der Waals surface area contributed by atoms with Crippen LogP contribution in [0.4, 0.5) is 4.79 Å². The van der Waals surface area contributed by atoms with E-state index in [2.05, 4.69) is 24.1 Å². The van der Waals surface area contributed by atoms with E-state index in [0.717, 1.165) is 25.9 Å². The Morgan fingerprint density at radius 2 is 1.62 bits per heavy atom. The van der Waals surface area contributed by atoms with Gasteiger partial charge in [-0.25, -0.2) is 4.79 Å². The molecule has 0 radical (unpaired) electrons. The molecule has 0 bridgehead atoms. The number of nitrogens with one attached hydrogen (secondary N) is 1. The Labute approximate surface area is 147 Å². The lowest BCUT2D eigenvalue weighted by molar-refractivity contribution is -0.0286. The van der Waals surface area contributed by atoms with Crippen LogP contribution in [-0.4, -0.2) is 54.0 Å². The van der Waals surface area contributed by atoms with Gasteiger partial charge in [-0.2, -0.15) is 0 Å². The van der Waals surface area contributed by atoms with Gasteiger partial charge in [0.15, 0.2) is 0 Å². The smallest absolute Gasteiger partial charge is 0.407 e. The zero-order valence-electron chi connectivity index (χ0n) is 16.1. The van der Waals surface area contributed by atoms with Gasteiger partial charge in [0.2, 0.25) is 0 Å². The first-order chi connectivity index (χ1) is 11.2. The second-order valence-corrected chi connectivity index (χ2v) is 8.57. The summed E-state index contributed by atoms with van der Waals surface area (Å²) < 4.78 is 11.3. The molecule has 0 aromatic rings.